The van der Waals surface area contributed by atoms with Crippen molar-refractivity contribution in [1.29, 1.82) is 0 Å². The van der Waals surface area contributed by atoms with Crippen molar-refractivity contribution in [1.82, 2.24) is 5.06 Å². The molecule has 8 nitrogen and oxygen atoms in total. The molecule has 0 aliphatic carbocycles. The van der Waals surface area contributed by atoms with Gasteiger partial charge >= 0.3 is 17.9 Å². The molecule has 80 valence electrons. The van der Waals surface area contributed by atoms with Gasteiger partial charge < -0.3 is 20.5 Å². The van der Waals surface area contributed by atoms with Crippen molar-refractivity contribution < 1.29 is 34.9 Å². The van der Waals surface area contributed by atoms with Crippen LogP contribution in [0.3, 0.4) is 0 Å². The number of rotatable bonds is 6. The number of aliphatic carboxylic acids is 3. The van der Waals surface area contributed by atoms with Crippen molar-refractivity contribution in [2.24, 2.45) is 0 Å². The summed E-state index contributed by atoms with van der Waals surface area (Å²) in [5, 5.41) is 33.8. The van der Waals surface area contributed by atoms with Gasteiger partial charge in [-0.25, -0.2) is 0 Å². The average molecular weight is 207 g/mol. The predicted molar refractivity (Wildman–Crippen MR) is 39.8 cm³/mol. The fourth-order valence-corrected chi connectivity index (χ4v) is 0.734. The second kappa shape index (κ2) is 5.14. The third-order valence-corrected chi connectivity index (χ3v) is 1.31. The molecule has 0 fully saturated rings. The summed E-state index contributed by atoms with van der Waals surface area (Å²) in [5.74, 6) is -4.50. The minimum Gasteiger partial charge on any atom is -0.481 e. The van der Waals surface area contributed by atoms with Crippen LogP contribution in [0.2, 0.25) is 0 Å². The second-order valence-corrected chi connectivity index (χ2v) is 2.44. The number of nitrogens with zero attached hydrogens (tertiary/aromatic N) is 1. The molecule has 0 radical (unpaired) electrons. The molecule has 14 heavy (non-hydrogen) atoms. The van der Waals surface area contributed by atoms with Gasteiger partial charge in [-0.2, -0.15) is 5.06 Å². The number of hydroxylamine groups is 2. The highest BCUT2D eigenvalue weighted by Crippen LogP contribution is 2.01. The van der Waals surface area contributed by atoms with Crippen LogP contribution in [0.5, 0.6) is 0 Å². The van der Waals surface area contributed by atoms with Crippen LogP contribution in [-0.4, -0.2) is 56.1 Å². The molecule has 0 aromatic rings. The highest BCUT2D eigenvalue weighted by atomic mass is 16.5. The first-order valence-corrected chi connectivity index (χ1v) is 3.46. The van der Waals surface area contributed by atoms with Crippen molar-refractivity contribution in [3.8, 4) is 0 Å². The van der Waals surface area contributed by atoms with E-state index in [-0.39, 0.29) is 5.06 Å². The summed E-state index contributed by atoms with van der Waals surface area (Å²) in [4.78, 5) is 30.6. The number of hydrogen-bond acceptors (Lipinski definition) is 5. The van der Waals surface area contributed by atoms with Crippen LogP contribution in [0.25, 0.3) is 0 Å². The van der Waals surface area contributed by atoms with Crippen LogP contribution in [0.1, 0.15) is 6.42 Å². The Morgan fingerprint density at radius 1 is 1.07 bits per heavy atom. The topological polar surface area (TPSA) is 135 Å². The molecule has 0 unspecified atom stereocenters. The van der Waals surface area contributed by atoms with Gasteiger partial charge in [-0.3, -0.25) is 14.4 Å². The molecule has 0 aliphatic rings. The maximum atomic E-state index is 10.4. The fraction of sp³-hybridized carbons (Fsp3) is 0.500. The fourth-order valence-electron chi connectivity index (χ4n) is 0.734. The van der Waals surface area contributed by atoms with E-state index in [4.69, 9.17) is 20.5 Å². The second-order valence-electron chi connectivity index (χ2n) is 2.44. The summed E-state index contributed by atoms with van der Waals surface area (Å²) >= 11 is 0. The van der Waals surface area contributed by atoms with E-state index < -0.39 is 36.9 Å². The third kappa shape index (κ3) is 4.38. The molecule has 0 rings (SSSR count). The number of hydrogen-bond donors (Lipinski definition) is 4. The van der Waals surface area contributed by atoms with Crippen LogP contribution in [0.15, 0.2) is 0 Å². The van der Waals surface area contributed by atoms with Gasteiger partial charge in [0.05, 0.1) is 6.42 Å². The minimum atomic E-state index is -1.76. The van der Waals surface area contributed by atoms with E-state index in [9.17, 15) is 14.4 Å². The minimum absolute atomic E-state index is 0.0429. The van der Waals surface area contributed by atoms with Gasteiger partial charge in [0.1, 0.15) is 12.6 Å². The van der Waals surface area contributed by atoms with Gasteiger partial charge in [0, 0.05) is 0 Å². The van der Waals surface area contributed by atoms with Gasteiger partial charge in [0.2, 0.25) is 0 Å². The zero-order valence-corrected chi connectivity index (χ0v) is 6.95. The molecule has 8 heteroatoms. The van der Waals surface area contributed by atoms with Gasteiger partial charge in [0.15, 0.2) is 0 Å². The van der Waals surface area contributed by atoms with E-state index in [1.807, 2.05) is 0 Å². The average Bonchev–Trinajstić information content (AvgIpc) is 1.97. The zero-order valence-electron chi connectivity index (χ0n) is 6.95. The quantitative estimate of drug-likeness (QED) is 0.394. The molecule has 4 N–H and O–H groups in total. The summed E-state index contributed by atoms with van der Waals surface area (Å²) in [6, 6.07) is -1.76. The standard InChI is InChI=1S/C6H9NO7/c8-4(9)1-3(6(12)13)7(14)2-5(10)11/h3,14H,1-2H2,(H,8,9)(H,10,11)(H,12,13)/t3-/m0/s1. The van der Waals surface area contributed by atoms with Gasteiger partial charge in [0.25, 0.3) is 0 Å². The van der Waals surface area contributed by atoms with Crippen LogP contribution in [-0.2, 0) is 14.4 Å². The molecule has 0 saturated carbocycles. The number of carboxylic acids is 3. The van der Waals surface area contributed by atoms with E-state index in [0.29, 0.717) is 0 Å². The Morgan fingerprint density at radius 2 is 1.57 bits per heavy atom. The summed E-state index contributed by atoms with van der Waals surface area (Å²) in [7, 11) is 0. The molecular weight excluding hydrogens is 198 g/mol. The van der Waals surface area contributed by atoms with Crippen LogP contribution in [0.4, 0.5) is 0 Å². The molecule has 0 spiro atoms. The Bertz CT molecular complexity index is 251. The lowest BCUT2D eigenvalue weighted by molar-refractivity contribution is -0.181. The van der Waals surface area contributed by atoms with Crippen molar-refractivity contribution in [3.63, 3.8) is 0 Å². The summed E-state index contributed by atoms with van der Waals surface area (Å²) in [6.45, 7) is -0.954. The molecule has 0 aromatic carbocycles. The van der Waals surface area contributed by atoms with Gasteiger partial charge in [-0.15, -0.1) is 0 Å². The first kappa shape index (κ1) is 12.3. The highest BCUT2D eigenvalue weighted by Gasteiger charge is 2.28. The van der Waals surface area contributed by atoms with Gasteiger partial charge in [-0.05, 0) is 0 Å². The Kier molecular flexibility index (Phi) is 4.53. The lowest BCUT2D eigenvalue weighted by atomic mass is 10.2. The molecule has 0 bridgehead atoms. The third-order valence-electron chi connectivity index (χ3n) is 1.31. The largest absolute Gasteiger partial charge is 0.481 e. The van der Waals surface area contributed by atoms with E-state index in [1.165, 1.54) is 0 Å². The zero-order chi connectivity index (χ0) is 11.3. The van der Waals surface area contributed by atoms with Gasteiger partial charge in [-0.1, -0.05) is 0 Å². The smallest absolute Gasteiger partial charge is 0.323 e. The molecule has 0 amide bonds. The lowest BCUT2D eigenvalue weighted by Gasteiger charge is -2.18. The predicted octanol–water partition coefficient (Wildman–Crippen LogP) is -1.31. The Hall–Kier alpha value is -1.67. The summed E-state index contributed by atoms with van der Waals surface area (Å²) < 4.78 is 0. The first-order chi connectivity index (χ1) is 6.34. The maximum Gasteiger partial charge on any atom is 0.323 e. The van der Waals surface area contributed by atoms with Crippen molar-refractivity contribution >= 4 is 17.9 Å². The molecule has 0 aliphatic heterocycles. The molecule has 0 heterocycles. The number of carboxylic acid groups (broad SMARTS) is 3. The van der Waals surface area contributed by atoms with E-state index in [0.717, 1.165) is 0 Å². The number of carbonyl (C=O) groups is 3. The Labute approximate surface area is 77.9 Å². The van der Waals surface area contributed by atoms with E-state index in [1.54, 1.807) is 0 Å². The van der Waals surface area contributed by atoms with Crippen molar-refractivity contribution in [3.05, 3.63) is 0 Å². The van der Waals surface area contributed by atoms with Crippen LogP contribution in [0, 0.1) is 0 Å². The SMILES string of the molecule is O=C(O)C[C@@H](C(=O)O)N(O)CC(=O)O. The van der Waals surface area contributed by atoms with Crippen LogP contribution < -0.4 is 0 Å². The molecule has 1 atom stereocenters. The first-order valence-electron chi connectivity index (χ1n) is 3.46. The summed E-state index contributed by atoms with van der Waals surface area (Å²) in [6.07, 6.45) is -0.876. The molecular formula is C6H9NO7. The normalized spacial score (nSPS) is 12.4. The van der Waals surface area contributed by atoms with E-state index >= 15 is 0 Å². The van der Waals surface area contributed by atoms with Crippen molar-refractivity contribution in [2.45, 2.75) is 12.5 Å². The van der Waals surface area contributed by atoms with E-state index in [2.05, 4.69) is 0 Å². The lowest BCUT2D eigenvalue weighted by Crippen LogP contribution is -2.43. The monoisotopic (exact) mass is 207 g/mol. The molecule has 0 saturated heterocycles. The van der Waals surface area contributed by atoms with Crippen LogP contribution >= 0.6 is 0 Å². The molecule has 0 aromatic heterocycles. The maximum absolute atomic E-state index is 10.4. The van der Waals surface area contributed by atoms with Crippen molar-refractivity contribution in [2.75, 3.05) is 6.54 Å². The Morgan fingerprint density at radius 3 is 1.86 bits per heavy atom. The summed E-state index contributed by atoms with van der Waals surface area (Å²) in [5.41, 5.74) is 0. The highest BCUT2D eigenvalue weighted by molar-refractivity contribution is 5.81. The Balaban J connectivity index is 4.40.